The van der Waals surface area contributed by atoms with Gasteiger partial charge in [0.2, 0.25) is 0 Å². The second-order valence-corrected chi connectivity index (χ2v) is 7.16. The summed E-state index contributed by atoms with van der Waals surface area (Å²) < 4.78 is 0. The number of rotatable bonds is 1. The molecular weight excluding hydrogens is 270 g/mol. The van der Waals surface area contributed by atoms with E-state index >= 15 is 0 Å². The van der Waals surface area contributed by atoms with E-state index in [2.05, 4.69) is 30.4 Å². The molecule has 3 aliphatic rings. The van der Waals surface area contributed by atoms with Crippen LogP contribution in [0, 0.1) is 5.92 Å². The fraction of sp³-hybridized carbons (Fsp3) is 0.700. The standard InChI is InChI=1S/C18H25NO.C2H6/c1-11-15-5-3-4-8-18(15)16-9-13(12(2)20)6-7-14(16)17(18)10-19-11;1-2/h6-7,9,11-12,15,17,19-20H,3-5,8,10H2,1-2H3;1-2H3. The number of fused-ring (bicyclic) bond motifs is 2. The Kier molecular flexibility index (Phi) is 4.35. The molecule has 1 saturated carbocycles. The lowest BCUT2D eigenvalue weighted by Gasteiger charge is -2.62. The van der Waals surface area contributed by atoms with Gasteiger partial charge in [0.15, 0.2) is 0 Å². The Morgan fingerprint density at radius 2 is 2.05 bits per heavy atom. The Morgan fingerprint density at radius 3 is 2.77 bits per heavy atom. The van der Waals surface area contributed by atoms with E-state index in [-0.39, 0.29) is 6.10 Å². The molecule has 22 heavy (non-hydrogen) atoms. The van der Waals surface area contributed by atoms with Crippen LogP contribution in [0.3, 0.4) is 0 Å². The third-order valence-corrected chi connectivity index (χ3v) is 6.32. The number of aliphatic hydroxyl groups is 1. The molecule has 1 aliphatic heterocycles. The van der Waals surface area contributed by atoms with E-state index < -0.39 is 0 Å². The first-order valence-electron chi connectivity index (χ1n) is 9.20. The van der Waals surface area contributed by atoms with Gasteiger partial charge in [-0.3, -0.25) is 0 Å². The summed E-state index contributed by atoms with van der Waals surface area (Å²) in [6.45, 7) is 9.38. The SMILES string of the molecule is CC.CC(O)c1ccc2c(c1)C13CCCCC1C(C)NCC23. The van der Waals surface area contributed by atoms with Crippen LogP contribution in [0.2, 0.25) is 0 Å². The second-order valence-electron chi connectivity index (χ2n) is 7.16. The predicted octanol–water partition coefficient (Wildman–Crippen LogP) is 4.28. The minimum absolute atomic E-state index is 0.350. The summed E-state index contributed by atoms with van der Waals surface area (Å²) in [4.78, 5) is 0. The maximum Gasteiger partial charge on any atom is 0.0762 e. The number of piperidine rings is 1. The van der Waals surface area contributed by atoms with E-state index in [4.69, 9.17) is 0 Å². The van der Waals surface area contributed by atoms with Crippen LogP contribution < -0.4 is 5.32 Å². The van der Waals surface area contributed by atoms with Gasteiger partial charge < -0.3 is 10.4 Å². The van der Waals surface area contributed by atoms with Gasteiger partial charge in [0.1, 0.15) is 0 Å². The van der Waals surface area contributed by atoms with Crippen LogP contribution in [0.5, 0.6) is 0 Å². The van der Waals surface area contributed by atoms with Crippen molar-refractivity contribution >= 4 is 0 Å². The molecule has 1 aromatic carbocycles. The minimum Gasteiger partial charge on any atom is -0.389 e. The van der Waals surface area contributed by atoms with Gasteiger partial charge in [0, 0.05) is 23.9 Å². The molecule has 122 valence electrons. The minimum atomic E-state index is -0.350. The first-order valence-corrected chi connectivity index (χ1v) is 9.20. The van der Waals surface area contributed by atoms with Crippen molar-refractivity contribution in [3.63, 3.8) is 0 Å². The van der Waals surface area contributed by atoms with Crippen LogP contribution in [0.1, 0.15) is 82.1 Å². The van der Waals surface area contributed by atoms with Crippen LogP contribution in [0.15, 0.2) is 18.2 Å². The highest BCUT2D eigenvalue weighted by atomic mass is 16.3. The lowest BCUT2D eigenvalue weighted by molar-refractivity contribution is 0.0511. The summed E-state index contributed by atoms with van der Waals surface area (Å²) in [7, 11) is 0. The summed E-state index contributed by atoms with van der Waals surface area (Å²) in [5, 5.41) is 13.6. The molecule has 1 spiro atoms. The van der Waals surface area contributed by atoms with E-state index in [9.17, 15) is 5.11 Å². The second kappa shape index (κ2) is 5.98. The number of benzene rings is 1. The molecule has 2 aliphatic carbocycles. The van der Waals surface area contributed by atoms with Crippen LogP contribution in [-0.2, 0) is 5.41 Å². The quantitative estimate of drug-likeness (QED) is 0.811. The molecule has 0 radical (unpaired) electrons. The maximum atomic E-state index is 9.89. The summed E-state index contributed by atoms with van der Waals surface area (Å²) >= 11 is 0. The molecule has 1 heterocycles. The zero-order valence-corrected chi connectivity index (χ0v) is 14.5. The van der Waals surface area contributed by atoms with E-state index in [1.54, 1.807) is 11.1 Å². The van der Waals surface area contributed by atoms with E-state index in [0.29, 0.717) is 17.4 Å². The van der Waals surface area contributed by atoms with E-state index in [0.717, 1.165) is 18.0 Å². The largest absolute Gasteiger partial charge is 0.389 e. The molecule has 5 unspecified atom stereocenters. The van der Waals surface area contributed by atoms with Crippen LogP contribution >= 0.6 is 0 Å². The van der Waals surface area contributed by atoms with Crippen molar-refractivity contribution in [1.82, 2.24) is 5.32 Å². The van der Waals surface area contributed by atoms with Crippen LogP contribution in [0.25, 0.3) is 0 Å². The summed E-state index contributed by atoms with van der Waals surface area (Å²) in [6.07, 6.45) is 5.12. The Bertz CT molecular complexity index is 539. The van der Waals surface area contributed by atoms with Crippen molar-refractivity contribution in [3.05, 3.63) is 34.9 Å². The van der Waals surface area contributed by atoms with E-state index in [1.165, 1.54) is 25.7 Å². The highest BCUT2D eigenvalue weighted by Gasteiger charge is 2.59. The third kappa shape index (κ3) is 2.07. The average molecular weight is 301 g/mol. The van der Waals surface area contributed by atoms with Gasteiger partial charge in [0.05, 0.1) is 6.10 Å². The van der Waals surface area contributed by atoms with Gasteiger partial charge in [-0.2, -0.15) is 0 Å². The number of aliphatic hydroxyl groups excluding tert-OH is 1. The molecule has 0 bridgehead atoms. The van der Waals surface area contributed by atoms with Crippen molar-refractivity contribution < 1.29 is 5.11 Å². The van der Waals surface area contributed by atoms with Gasteiger partial charge in [-0.05, 0) is 49.3 Å². The van der Waals surface area contributed by atoms with Gasteiger partial charge in [-0.1, -0.05) is 44.9 Å². The molecule has 2 N–H and O–H groups in total. The maximum absolute atomic E-state index is 9.89. The van der Waals surface area contributed by atoms with Crippen molar-refractivity contribution in [1.29, 1.82) is 0 Å². The first-order chi connectivity index (χ1) is 10.6. The smallest absolute Gasteiger partial charge is 0.0762 e. The lowest BCUT2D eigenvalue weighted by atomic mass is 9.44. The van der Waals surface area contributed by atoms with Crippen LogP contribution in [0.4, 0.5) is 0 Å². The molecular formula is C20H31NO. The van der Waals surface area contributed by atoms with Crippen molar-refractivity contribution in [3.8, 4) is 0 Å². The Hall–Kier alpha value is -0.860. The third-order valence-electron chi connectivity index (χ3n) is 6.32. The highest BCUT2D eigenvalue weighted by Crippen LogP contribution is 2.63. The summed E-state index contributed by atoms with van der Waals surface area (Å²) in [5.74, 6) is 1.49. The van der Waals surface area contributed by atoms with Crippen molar-refractivity contribution in [2.24, 2.45) is 5.92 Å². The molecule has 5 atom stereocenters. The fourth-order valence-corrected chi connectivity index (χ4v) is 5.35. The molecule has 0 amide bonds. The molecule has 2 heteroatoms. The molecule has 1 saturated heterocycles. The van der Waals surface area contributed by atoms with E-state index in [1.807, 2.05) is 20.8 Å². The number of nitrogens with one attached hydrogen (secondary N) is 1. The fourth-order valence-electron chi connectivity index (χ4n) is 5.35. The topological polar surface area (TPSA) is 32.3 Å². The highest BCUT2D eigenvalue weighted by molar-refractivity contribution is 5.54. The zero-order valence-electron chi connectivity index (χ0n) is 14.5. The molecule has 1 aromatic rings. The normalized spacial score (nSPS) is 36.7. The van der Waals surface area contributed by atoms with Crippen molar-refractivity contribution in [2.75, 3.05) is 6.54 Å². The summed E-state index contributed by atoms with van der Waals surface area (Å²) in [5.41, 5.74) is 4.62. The monoisotopic (exact) mass is 301 g/mol. The average Bonchev–Trinajstić information content (AvgIpc) is 2.55. The van der Waals surface area contributed by atoms with Crippen molar-refractivity contribution in [2.45, 2.75) is 76.9 Å². The number of hydrogen-bond acceptors (Lipinski definition) is 2. The molecule has 2 nitrogen and oxygen atoms in total. The Labute approximate surface area is 135 Å². The van der Waals surface area contributed by atoms with Gasteiger partial charge >= 0.3 is 0 Å². The Balaban J connectivity index is 0.000000693. The predicted molar refractivity (Wildman–Crippen MR) is 92.3 cm³/mol. The first kappa shape index (κ1) is 16.0. The molecule has 4 rings (SSSR count). The summed E-state index contributed by atoms with van der Waals surface area (Å²) in [6, 6.07) is 7.34. The molecule has 0 aromatic heterocycles. The van der Waals surface area contributed by atoms with Crippen LogP contribution in [-0.4, -0.2) is 17.7 Å². The zero-order chi connectivity index (χ0) is 15.9. The lowest BCUT2D eigenvalue weighted by Crippen LogP contribution is -2.63. The molecule has 2 fully saturated rings. The van der Waals surface area contributed by atoms with Gasteiger partial charge in [-0.25, -0.2) is 0 Å². The van der Waals surface area contributed by atoms with Gasteiger partial charge in [-0.15, -0.1) is 0 Å². The Morgan fingerprint density at radius 1 is 1.27 bits per heavy atom. The number of hydrogen-bond donors (Lipinski definition) is 2. The van der Waals surface area contributed by atoms with Gasteiger partial charge in [0.25, 0.3) is 0 Å².